The molecule has 0 saturated carbocycles. The number of pyridine rings is 1. The van der Waals surface area contributed by atoms with Crippen LogP contribution in [0.2, 0.25) is 0 Å². The van der Waals surface area contributed by atoms with Crippen molar-refractivity contribution in [2.75, 3.05) is 0 Å². The molecule has 2 aromatic rings. The number of hydrogen-bond donors (Lipinski definition) is 1. The zero-order chi connectivity index (χ0) is 13.2. The largest absolute Gasteiger partial charge is 0.388 e. The van der Waals surface area contributed by atoms with Gasteiger partial charge in [-0.05, 0) is 42.4 Å². The molecular weight excluding hydrogens is 241 g/mol. The summed E-state index contributed by atoms with van der Waals surface area (Å²) in [5.41, 5.74) is 3.23. The first-order valence-electron chi connectivity index (χ1n) is 6.59. The Balaban J connectivity index is 1.81. The third-order valence-electron chi connectivity index (χ3n) is 3.90. The molecule has 0 fully saturated rings. The molecule has 0 bridgehead atoms. The van der Waals surface area contributed by atoms with Gasteiger partial charge in [0.15, 0.2) is 0 Å². The lowest BCUT2D eigenvalue weighted by molar-refractivity contribution is 0.0988. The van der Waals surface area contributed by atoms with Gasteiger partial charge in [0.25, 0.3) is 0 Å². The summed E-state index contributed by atoms with van der Waals surface area (Å²) in [4.78, 5) is 3.81. The first-order valence-corrected chi connectivity index (χ1v) is 6.59. The van der Waals surface area contributed by atoms with Gasteiger partial charge in [-0.25, -0.2) is 4.39 Å². The molecule has 1 heterocycles. The quantitative estimate of drug-likeness (QED) is 0.897. The van der Waals surface area contributed by atoms with E-state index in [9.17, 15) is 9.50 Å². The molecule has 1 N–H and O–H groups in total. The molecule has 2 atom stereocenters. The standard InChI is InChI=1S/C16H16FNO/c17-15-8-14(9-18-10-15)16(19)13-6-5-11-3-1-2-4-12(11)7-13/h1-4,8-10,13,16,19H,5-7H2. The van der Waals surface area contributed by atoms with E-state index in [0.717, 1.165) is 25.5 Å². The second kappa shape index (κ2) is 5.10. The number of hydrogen-bond acceptors (Lipinski definition) is 2. The first-order chi connectivity index (χ1) is 9.24. The van der Waals surface area contributed by atoms with Gasteiger partial charge in [0.2, 0.25) is 0 Å². The highest BCUT2D eigenvalue weighted by Crippen LogP contribution is 2.33. The summed E-state index contributed by atoms with van der Waals surface area (Å²) >= 11 is 0. The van der Waals surface area contributed by atoms with Crippen molar-refractivity contribution in [3.63, 3.8) is 0 Å². The zero-order valence-corrected chi connectivity index (χ0v) is 10.6. The maximum Gasteiger partial charge on any atom is 0.141 e. The number of aryl methyl sites for hydroxylation is 1. The average molecular weight is 257 g/mol. The number of rotatable bonds is 2. The van der Waals surface area contributed by atoms with Gasteiger partial charge in [-0.2, -0.15) is 0 Å². The van der Waals surface area contributed by atoms with Gasteiger partial charge in [0, 0.05) is 11.8 Å². The number of fused-ring (bicyclic) bond motifs is 1. The van der Waals surface area contributed by atoms with Crippen LogP contribution in [0.3, 0.4) is 0 Å². The van der Waals surface area contributed by atoms with Crippen molar-refractivity contribution in [1.29, 1.82) is 0 Å². The molecule has 0 saturated heterocycles. The van der Waals surface area contributed by atoms with Crippen molar-refractivity contribution in [2.45, 2.75) is 25.4 Å². The van der Waals surface area contributed by atoms with Gasteiger partial charge in [-0.3, -0.25) is 4.98 Å². The highest BCUT2D eigenvalue weighted by atomic mass is 19.1. The van der Waals surface area contributed by atoms with Crippen molar-refractivity contribution in [3.05, 3.63) is 65.2 Å². The monoisotopic (exact) mass is 257 g/mol. The Morgan fingerprint density at radius 2 is 2.00 bits per heavy atom. The Labute approximate surface area is 111 Å². The van der Waals surface area contributed by atoms with Crippen molar-refractivity contribution in [2.24, 2.45) is 5.92 Å². The minimum Gasteiger partial charge on any atom is -0.388 e. The van der Waals surface area contributed by atoms with Gasteiger partial charge >= 0.3 is 0 Å². The zero-order valence-electron chi connectivity index (χ0n) is 10.6. The first kappa shape index (κ1) is 12.3. The Hall–Kier alpha value is -1.74. The minimum atomic E-state index is -0.642. The lowest BCUT2D eigenvalue weighted by Gasteiger charge is -2.28. The van der Waals surface area contributed by atoms with Gasteiger partial charge < -0.3 is 5.11 Å². The van der Waals surface area contributed by atoms with Gasteiger partial charge in [0.1, 0.15) is 5.82 Å². The number of aromatic nitrogens is 1. The molecule has 98 valence electrons. The summed E-state index contributed by atoms with van der Waals surface area (Å²) in [5, 5.41) is 10.4. The summed E-state index contributed by atoms with van der Waals surface area (Å²) in [6.45, 7) is 0. The van der Waals surface area contributed by atoms with Crippen LogP contribution in [0, 0.1) is 11.7 Å². The predicted octanol–water partition coefficient (Wildman–Crippen LogP) is 3.06. The van der Waals surface area contributed by atoms with E-state index in [1.165, 1.54) is 17.2 Å². The molecule has 0 spiro atoms. The number of halogens is 1. The van der Waals surface area contributed by atoms with E-state index in [-0.39, 0.29) is 5.92 Å². The lowest BCUT2D eigenvalue weighted by atomic mass is 9.79. The third-order valence-corrected chi connectivity index (χ3v) is 3.90. The van der Waals surface area contributed by atoms with Gasteiger partial charge in [0.05, 0.1) is 12.3 Å². The van der Waals surface area contributed by atoms with E-state index in [0.29, 0.717) is 5.56 Å². The summed E-state index contributed by atoms with van der Waals surface area (Å²) in [6, 6.07) is 9.70. The highest BCUT2D eigenvalue weighted by molar-refractivity contribution is 5.30. The second-order valence-corrected chi connectivity index (χ2v) is 5.15. The van der Waals surface area contributed by atoms with Gasteiger partial charge in [-0.1, -0.05) is 24.3 Å². The van der Waals surface area contributed by atoms with Crippen LogP contribution in [0.4, 0.5) is 4.39 Å². The Bertz CT molecular complexity index is 584. The van der Waals surface area contributed by atoms with Crippen LogP contribution in [0.25, 0.3) is 0 Å². The molecule has 3 heteroatoms. The fourth-order valence-electron chi connectivity index (χ4n) is 2.86. The number of benzene rings is 1. The molecule has 1 aromatic heterocycles. The molecule has 1 aromatic carbocycles. The number of nitrogens with zero attached hydrogens (tertiary/aromatic N) is 1. The fourth-order valence-corrected chi connectivity index (χ4v) is 2.86. The predicted molar refractivity (Wildman–Crippen MR) is 71.1 cm³/mol. The van der Waals surface area contributed by atoms with E-state index in [2.05, 4.69) is 17.1 Å². The van der Waals surface area contributed by atoms with Crippen LogP contribution in [0.15, 0.2) is 42.7 Å². The molecule has 1 aliphatic carbocycles. The minimum absolute atomic E-state index is 0.137. The SMILES string of the molecule is OC(c1cncc(F)c1)C1CCc2ccccc2C1. The lowest BCUT2D eigenvalue weighted by Crippen LogP contribution is -2.21. The van der Waals surface area contributed by atoms with E-state index in [1.54, 1.807) is 6.20 Å². The fraction of sp³-hybridized carbons (Fsp3) is 0.312. The molecule has 2 nitrogen and oxygen atoms in total. The molecule has 0 aliphatic heterocycles. The van der Waals surface area contributed by atoms with E-state index < -0.39 is 11.9 Å². The normalized spacial score (nSPS) is 19.8. The van der Waals surface area contributed by atoms with Crippen molar-refractivity contribution >= 4 is 0 Å². The maximum absolute atomic E-state index is 13.2. The van der Waals surface area contributed by atoms with E-state index in [4.69, 9.17) is 0 Å². The highest BCUT2D eigenvalue weighted by Gasteiger charge is 2.26. The Morgan fingerprint density at radius 1 is 1.21 bits per heavy atom. The second-order valence-electron chi connectivity index (χ2n) is 5.15. The molecule has 19 heavy (non-hydrogen) atoms. The van der Waals surface area contributed by atoms with E-state index >= 15 is 0 Å². The third kappa shape index (κ3) is 2.51. The van der Waals surface area contributed by atoms with Crippen LogP contribution in [0.5, 0.6) is 0 Å². The molecule has 0 amide bonds. The average Bonchev–Trinajstić information content (AvgIpc) is 2.46. The summed E-state index contributed by atoms with van der Waals surface area (Å²) < 4.78 is 13.2. The van der Waals surface area contributed by atoms with Crippen LogP contribution in [-0.2, 0) is 12.8 Å². The molecule has 0 radical (unpaired) electrons. The number of aliphatic hydroxyl groups excluding tert-OH is 1. The Morgan fingerprint density at radius 3 is 2.79 bits per heavy atom. The molecule has 1 aliphatic rings. The van der Waals surface area contributed by atoms with Crippen molar-refractivity contribution in [3.8, 4) is 0 Å². The Kier molecular flexibility index (Phi) is 3.30. The van der Waals surface area contributed by atoms with Crippen molar-refractivity contribution in [1.82, 2.24) is 4.98 Å². The summed E-state index contributed by atoms with van der Waals surface area (Å²) in [5.74, 6) is -0.258. The van der Waals surface area contributed by atoms with Gasteiger partial charge in [-0.15, -0.1) is 0 Å². The smallest absolute Gasteiger partial charge is 0.141 e. The molecular formula is C16H16FNO. The molecule has 3 rings (SSSR count). The van der Waals surface area contributed by atoms with Crippen molar-refractivity contribution < 1.29 is 9.50 Å². The summed E-state index contributed by atoms with van der Waals surface area (Å²) in [7, 11) is 0. The van der Waals surface area contributed by atoms with Crippen LogP contribution >= 0.6 is 0 Å². The molecule has 2 unspecified atom stereocenters. The maximum atomic E-state index is 13.2. The van der Waals surface area contributed by atoms with Crippen LogP contribution in [0.1, 0.15) is 29.2 Å². The van der Waals surface area contributed by atoms with E-state index in [1.807, 2.05) is 12.1 Å². The van der Waals surface area contributed by atoms with Crippen LogP contribution < -0.4 is 0 Å². The number of aliphatic hydroxyl groups is 1. The summed E-state index contributed by atoms with van der Waals surface area (Å²) in [6.07, 6.45) is 4.81. The topological polar surface area (TPSA) is 33.1 Å². The van der Waals surface area contributed by atoms with Crippen LogP contribution in [-0.4, -0.2) is 10.1 Å².